The number of hydrogen-bond acceptors (Lipinski definition) is 5. The zero-order chi connectivity index (χ0) is 15.5. The van der Waals surface area contributed by atoms with Crippen LogP contribution < -0.4 is 4.72 Å². The van der Waals surface area contributed by atoms with Crippen molar-refractivity contribution in [1.82, 2.24) is 9.62 Å². The van der Waals surface area contributed by atoms with Gasteiger partial charge in [-0.25, -0.2) is 13.1 Å². The molecule has 1 atom stereocenters. The smallest absolute Gasteiger partial charge is 0.250 e. The van der Waals surface area contributed by atoms with Gasteiger partial charge in [0, 0.05) is 26.2 Å². The first-order valence-corrected chi connectivity index (χ1v) is 9.75. The quantitative estimate of drug-likeness (QED) is 0.801. The first-order chi connectivity index (χ1) is 9.92. The molecule has 0 aromatic carbocycles. The molecule has 9 heteroatoms. The molecule has 1 fully saturated rings. The Morgan fingerprint density at radius 3 is 2.86 bits per heavy atom. The minimum atomic E-state index is -3.56. The third-order valence-electron chi connectivity index (χ3n) is 3.47. The maximum absolute atomic E-state index is 12.1. The number of aliphatic hydroxyl groups is 1. The van der Waals surface area contributed by atoms with Gasteiger partial charge in [0.05, 0.1) is 5.02 Å². The van der Waals surface area contributed by atoms with Gasteiger partial charge >= 0.3 is 0 Å². The zero-order valence-electron chi connectivity index (χ0n) is 11.4. The van der Waals surface area contributed by atoms with Gasteiger partial charge in [-0.05, 0) is 31.4 Å². The molecule has 0 spiro atoms. The van der Waals surface area contributed by atoms with Crippen molar-refractivity contribution in [3.05, 3.63) is 15.4 Å². The molecule has 1 aromatic heterocycles. The van der Waals surface area contributed by atoms with E-state index < -0.39 is 10.0 Å². The summed E-state index contributed by atoms with van der Waals surface area (Å²) in [5.41, 5.74) is 0. The number of piperidine rings is 1. The van der Waals surface area contributed by atoms with Gasteiger partial charge in [-0.2, -0.15) is 0 Å². The molecule has 2 rings (SSSR count). The van der Waals surface area contributed by atoms with Crippen molar-refractivity contribution in [2.24, 2.45) is 5.92 Å². The summed E-state index contributed by atoms with van der Waals surface area (Å²) in [6.07, 6.45) is 2.07. The molecule has 2 heterocycles. The van der Waals surface area contributed by atoms with Crippen molar-refractivity contribution in [2.45, 2.75) is 17.1 Å². The summed E-state index contributed by atoms with van der Waals surface area (Å²) in [6.45, 7) is 2.90. The Bertz CT molecular complexity index is 558. The van der Waals surface area contributed by atoms with Crippen LogP contribution in [0.1, 0.15) is 12.8 Å². The van der Waals surface area contributed by atoms with Crippen LogP contribution in [0, 0.1) is 5.92 Å². The Morgan fingerprint density at radius 2 is 2.24 bits per heavy atom. The molecule has 1 saturated heterocycles. The standard InChI is InChI=1S/C12H18Cl2N2O3S2/c13-10-6-11(20-12(10)14)21(18,19)15-3-5-16-4-1-2-9(7-16)8-17/h6,9,15,17H,1-5,7-8H2. The number of nitrogens with one attached hydrogen (secondary N) is 1. The van der Waals surface area contributed by atoms with E-state index in [1.54, 1.807) is 0 Å². The van der Waals surface area contributed by atoms with Crippen molar-refractivity contribution in [3.63, 3.8) is 0 Å². The number of halogens is 2. The van der Waals surface area contributed by atoms with Crippen LogP contribution in [0.15, 0.2) is 10.3 Å². The average Bonchev–Trinajstić information content (AvgIpc) is 2.80. The Kier molecular flexibility index (Phi) is 6.31. The monoisotopic (exact) mass is 372 g/mol. The van der Waals surface area contributed by atoms with Gasteiger partial charge in [0.15, 0.2) is 0 Å². The number of aliphatic hydroxyl groups excluding tert-OH is 1. The van der Waals surface area contributed by atoms with Crippen LogP contribution in [-0.4, -0.2) is 51.2 Å². The molecule has 0 amide bonds. The van der Waals surface area contributed by atoms with Crippen LogP contribution in [-0.2, 0) is 10.0 Å². The summed E-state index contributed by atoms with van der Waals surface area (Å²) in [4.78, 5) is 2.17. The third kappa shape index (κ3) is 4.79. The molecule has 120 valence electrons. The first kappa shape index (κ1) is 17.5. The van der Waals surface area contributed by atoms with E-state index in [2.05, 4.69) is 9.62 Å². The number of sulfonamides is 1. The van der Waals surface area contributed by atoms with E-state index in [0.29, 0.717) is 19.0 Å². The largest absolute Gasteiger partial charge is 0.396 e. The van der Waals surface area contributed by atoms with Crippen molar-refractivity contribution in [2.75, 3.05) is 32.8 Å². The normalized spacial score (nSPS) is 20.8. The molecule has 5 nitrogen and oxygen atoms in total. The van der Waals surface area contributed by atoms with E-state index >= 15 is 0 Å². The number of likely N-dealkylation sites (tertiary alicyclic amines) is 1. The zero-order valence-corrected chi connectivity index (χ0v) is 14.5. The number of hydrogen-bond donors (Lipinski definition) is 2. The second-order valence-electron chi connectivity index (χ2n) is 5.08. The Balaban J connectivity index is 1.85. The van der Waals surface area contributed by atoms with E-state index in [1.165, 1.54) is 6.07 Å². The molecule has 1 aliphatic rings. The SMILES string of the molecule is O=S(=O)(NCCN1CCCC(CO)C1)c1cc(Cl)c(Cl)s1. The second-order valence-corrected chi connectivity index (χ2v) is 9.13. The van der Waals surface area contributed by atoms with Crippen LogP contribution in [0.2, 0.25) is 9.36 Å². The van der Waals surface area contributed by atoms with Crippen molar-refractivity contribution >= 4 is 44.6 Å². The van der Waals surface area contributed by atoms with Gasteiger partial charge in [0.2, 0.25) is 10.0 Å². The van der Waals surface area contributed by atoms with Crippen molar-refractivity contribution < 1.29 is 13.5 Å². The van der Waals surface area contributed by atoms with Crippen LogP contribution >= 0.6 is 34.5 Å². The van der Waals surface area contributed by atoms with Gasteiger partial charge in [0.25, 0.3) is 0 Å². The molecule has 0 radical (unpaired) electrons. The topological polar surface area (TPSA) is 69.6 Å². The lowest BCUT2D eigenvalue weighted by Gasteiger charge is -2.31. The molecular weight excluding hydrogens is 355 g/mol. The molecule has 0 saturated carbocycles. The van der Waals surface area contributed by atoms with Gasteiger partial charge in [0.1, 0.15) is 8.55 Å². The second kappa shape index (κ2) is 7.59. The van der Waals surface area contributed by atoms with Gasteiger partial charge < -0.3 is 10.0 Å². The van der Waals surface area contributed by atoms with E-state index in [-0.39, 0.29) is 20.2 Å². The van der Waals surface area contributed by atoms with Gasteiger partial charge in [-0.15, -0.1) is 11.3 Å². The highest BCUT2D eigenvalue weighted by atomic mass is 35.5. The fourth-order valence-corrected chi connectivity index (χ4v) is 5.32. The van der Waals surface area contributed by atoms with E-state index in [1.807, 2.05) is 0 Å². The number of thiophene rings is 1. The van der Waals surface area contributed by atoms with E-state index in [4.69, 9.17) is 23.2 Å². The Hall–Kier alpha value is 0.110. The molecule has 2 N–H and O–H groups in total. The fourth-order valence-electron chi connectivity index (χ4n) is 2.37. The highest BCUT2D eigenvalue weighted by Gasteiger charge is 2.21. The Labute approximate surface area is 138 Å². The van der Waals surface area contributed by atoms with Gasteiger partial charge in [-0.3, -0.25) is 0 Å². The lowest BCUT2D eigenvalue weighted by molar-refractivity contribution is 0.122. The summed E-state index contributed by atoms with van der Waals surface area (Å²) in [6, 6.07) is 1.36. The average molecular weight is 373 g/mol. The molecule has 21 heavy (non-hydrogen) atoms. The van der Waals surface area contributed by atoms with Gasteiger partial charge in [-0.1, -0.05) is 23.2 Å². The van der Waals surface area contributed by atoms with Crippen LogP contribution in [0.4, 0.5) is 0 Å². The molecular formula is C12H18Cl2N2O3S2. The molecule has 1 aliphatic heterocycles. The van der Waals surface area contributed by atoms with E-state index in [0.717, 1.165) is 37.3 Å². The molecule has 0 aliphatic carbocycles. The lowest BCUT2D eigenvalue weighted by Crippen LogP contribution is -2.41. The molecule has 0 bridgehead atoms. The Morgan fingerprint density at radius 1 is 1.48 bits per heavy atom. The van der Waals surface area contributed by atoms with Crippen LogP contribution in [0.3, 0.4) is 0 Å². The maximum Gasteiger partial charge on any atom is 0.250 e. The summed E-state index contributed by atoms with van der Waals surface area (Å²) >= 11 is 12.5. The molecule has 1 aromatic rings. The summed E-state index contributed by atoms with van der Waals surface area (Å²) in [5, 5.41) is 9.43. The van der Waals surface area contributed by atoms with Crippen molar-refractivity contribution in [3.8, 4) is 0 Å². The summed E-state index contributed by atoms with van der Waals surface area (Å²) in [5.74, 6) is 0.297. The number of nitrogens with zero attached hydrogens (tertiary/aromatic N) is 1. The number of rotatable bonds is 6. The lowest BCUT2D eigenvalue weighted by atomic mass is 9.99. The third-order valence-corrected chi connectivity index (χ3v) is 7.27. The minimum Gasteiger partial charge on any atom is -0.396 e. The predicted molar refractivity (Wildman–Crippen MR) is 85.8 cm³/mol. The highest BCUT2D eigenvalue weighted by molar-refractivity contribution is 7.91. The van der Waals surface area contributed by atoms with Crippen molar-refractivity contribution in [1.29, 1.82) is 0 Å². The summed E-state index contributed by atoms with van der Waals surface area (Å²) < 4.78 is 27.1. The fraction of sp³-hybridized carbons (Fsp3) is 0.667. The van der Waals surface area contributed by atoms with E-state index in [9.17, 15) is 13.5 Å². The maximum atomic E-state index is 12.1. The van der Waals surface area contributed by atoms with Crippen LogP contribution in [0.5, 0.6) is 0 Å². The first-order valence-electron chi connectivity index (χ1n) is 6.70. The molecule has 1 unspecified atom stereocenters. The summed E-state index contributed by atoms with van der Waals surface area (Å²) in [7, 11) is -3.56. The minimum absolute atomic E-state index is 0.129. The highest BCUT2D eigenvalue weighted by Crippen LogP contribution is 2.34. The predicted octanol–water partition coefficient (Wildman–Crippen LogP) is 2.04. The van der Waals surface area contributed by atoms with Crippen LogP contribution in [0.25, 0.3) is 0 Å².